The van der Waals surface area contributed by atoms with E-state index in [1.807, 2.05) is 185 Å². The number of amides is 4. The standard InChI is InChI=1S/2C10H17N3O.C9H14N2OS.C8H12N2OS.C8H14N2.C8H12N2.2C8H11N.C7H11NO.C6H9NS/c1-8(2)10(14)13(4)7-9-11-5-6-12(9)3;1-8(2)10(14)12(3)7-9-5-6-11-13(9)4;1-7(2)9(12)11(3)6-8-10-4-5-13-8;1-6(2)7(11)10(3)8-9-4-5-12-8;1-7(2)6-8-9-4-5-10(8)3;1-7(2)6-8-9-4-3-5-10-8;1-7(2)8-4-3-5-9-6-8;1-7(2)8-5-3-4-6-9-8;1-6(2)5-7-8-3-4-9-7;1-5(2)6-7-3-4-8-6/h2*5-6,8H,7H2,1-4H3;4-5,7H,6H2,1-3H3;4-6H,1-3H3;4-5,7H,6H2,1-3H3;3-5,7H,6H2,1-2H3;2*3-7H,1-2H3;3-4,6H,5H2,1-2H3;3-5H,1-2H3. The predicted molar refractivity (Wildman–Crippen MR) is 443 cm³/mol. The molecule has 0 N–H and O–H groups in total. The van der Waals surface area contributed by atoms with Crippen LogP contribution in [0.4, 0.5) is 5.13 Å². The number of hydrogen-bond acceptors (Lipinski definition) is 19. The molecule has 10 aromatic heterocycles. The normalized spacial score (nSPS) is 10.5. The quantitative estimate of drug-likeness (QED) is 0.0687. The summed E-state index contributed by atoms with van der Waals surface area (Å²) in [6, 6.07) is 13.8. The molecule has 0 saturated heterocycles. The molecule has 10 heterocycles. The van der Waals surface area contributed by atoms with Gasteiger partial charge < -0.3 is 28.3 Å². The summed E-state index contributed by atoms with van der Waals surface area (Å²) in [6.07, 6.45) is 29.9. The van der Waals surface area contributed by atoms with Crippen molar-refractivity contribution in [2.45, 2.75) is 195 Å². The molecule has 0 atom stereocenters. The van der Waals surface area contributed by atoms with Crippen molar-refractivity contribution < 1.29 is 23.6 Å². The number of pyridine rings is 2. The van der Waals surface area contributed by atoms with Crippen LogP contribution < -0.4 is 4.90 Å². The maximum atomic E-state index is 11.6. The van der Waals surface area contributed by atoms with Gasteiger partial charge in [0, 0.05) is 201 Å². The van der Waals surface area contributed by atoms with Gasteiger partial charge in [-0.05, 0) is 65.5 Å². The van der Waals surface area contributed by atoms with E-state index in [-0.39, 0.29) is 47.3 Å². The first kappa shape index (κ1) is 97.0. The summed E-state index contributed by atoms with van der Waals surface area (Å²) in [4.78, 5) is 93.9. The zero-order chi connectivity index (χ0) is 81.4. The molecule has 23 nitrogen and oxygen atoms in total. The number of aryl methyl sites for hydroxylation is 3. The second kappa shape index (κ2) is 54.6. The highest BCUT2D eigenvalue weighted by Gasteiger charge is 2.18. The van der Waals surface area contributed by atoms with E-state index in [0.717, 1.165) is 58.3 Å². The summed E-state index contributed by atoms with van der Waals surface area (Å²) < 4.78 is 10.8. The van der Waals surface area contributed by atoms with Crippen LogP contribution in [0.5, 0.6) is 0 Å². The Morgan fingerprint density at radius 2 is 0.963 bits per heavy atom. The molecular weight excluding hydrogens is 1410 g/mol. The van der Waals surface area contributed by atoms with Crippen molar-refractivity contribution in [2.75, 3.05) is 33.1 Å². The SMILES string of the molecule is CC(C)C(=O)N(C)Cc1ccnn1C.CC(C)C(=O)N(C)Cc1nccn1C.CC(C)C(=O)N(C)Cc1nccs1.CC(C)C(=O)N(C)c1nccs1.CC(C)Cc1ncccn1.CC(C)Cc1nccn1C.CC(C)Cc1ncco1.CC(C)c1ccccn1.CC(C)c1cccnc1.CC(C)c1nccs1. The van der Waals surface area contributed by atoms with E-state index in [1.165, 1.54) is 27.7 Å². The first-order valence-electron chi connectivity index (χ1n) is 37.0. The molecule has 10 aromatic rings. The summed E-state index contributed by atoms with van der Waals surface area (Å²) in [5, 5.41) is 12.8. The van der Waals surface area contributed by atoms with Gasteiger partial charge in [0.1, 0.15) is 28.7 Å². The molecule has 0 aliphatic heterocycles. The number of hydrogen-bond donors (Lipinski definition) is 0. The summed E-state index contributed by atoms with van der Waals surface area (Å²) in [7, 11) is 13.0. The fraction of sp³-hybridized carbons (Fsp3) is 0.524. The Hall–Kier alpha value is -9.01. The van der Waals surface area contributed by atoms with Gasteiger partial charge in [-0.25, -0.2) is 39.9 Å². The van der Waals surface area contributed by atoms with Crippen LogP contribution in [0, 0.1) is 41.4 Å². The Kier molecular flexibility index (Phi) is 49.0. The summed E-state index contributed by atoms with van der Waals surface area (Å²) in [6.45, 7) is 42.9. The lowest BCUT2D eigenvalue weighted by atomic mass is 10.1. The highest BCUT2D eigenvalue weighted by molar-refractivity contribution is 7.13. The van der Waals surface area contributed by atoms with Crippen LogP contribution in [0.2, 0.25) is 0 Å². The minimum absolute atomic E-state index is 0.0268. The molecule has 0 radical (unpaired) electrons. The van der Waals surface area contributed by atoms with Gasteiger partial charge in [0.05, 0.1) is 36.5 Å². The van der Waals surface area contributed by atoms with Gasteiger partial charge in [0.2, 0.25) is 23.6 Å². The van der Waals surface area contributed by atoms with Crippen molar-refractivity contribution in [3.8, 4) is 0 Å². The van der Waals surface area contributed by atoms with Gasteiger partial charge >= 0.3 is 0 Å². The fourth-order valence-corrected chi connectivity index (χ4v) is 10.9. The number of rotatable bonds is 20. The van der Waals surface area contributed by atoms with Crippen molar-refractivity contribution in [2.24, 2.45) is 62.6 Å². The number of thiazole rings is 3. The largest absolute Gasteiger partial charge is 0.449 e. The number of oxazole rings is 1. The first-order chi connectivity index (χ1) is 51.0. The van der Waals surface area contributed by atoms with Gasteiger partial charge in [-0.3, -0.25) is 38.7 Å². The predicted octanol–water partition coefficient (Wildman–Crippen LogP) is 17.4. The Morgan fingerprint density at radius 3 is 1.34 bits per heavy atom. The van der Waals surface area contributed by atoms with Gasteiger partial charge in [0.15, 0.2) is 11.0 Å². The van der Waals surface area contributed by atoms with E-state index in [2.05, 4.69) is 149 Å². The third kappa shape index (κ3) is 42.5. The minimum Gasteiger partial charge on any atom is -0.449 e. The molecule has 0 spiro atoms. The molecule has 26 heteroatoms. The van der Waals surface area contributed by atoms with Crippen LogP contribution in [0.15, 0.2) is 156 Å². The van der Waals surface area contributed by atoms with Crippen LogP contribution in [-0.4, -0.2) is 135 Å². The zero-order valence-electron chi connectivity index (χ0n) is 69.8. The van der Waals surface area contributed by atoms with Crippen molar-refractivity contribution >= 4 is 62.8 Å². The minimum atomic E-state index is 0.0268. The molecule has 10 rings (SSSR count). The van der Waals surface area contributed by atoms with Gasteiger partial charge in [-0.1, -0.05) is 151 Å². The van der Waals surface area contributed by atoms with E-state index in [0.29, 0.717) is 55.1 Å². The molecule has 0 fully saturated rings. The van der Waals surface area contributed by atoms with Crippen LogP contribution in [-0.2, 0) is 79.2 Å². The molecule has 108 heavy (non-hydrogen) atoms. The number of carbonyl (C=O) groups excluding carboxylic acids is 4. The van der Waals surface area contributed by atoms with E-state index >= 15 is 0 Å². The molecule has 0 aliphatic rings. The first-order valence-corrected chi connectivity index (χ1v) is 39.6. The van der Waals surface area contributed by atoms with Crippen LogP contribution >= 0.6 is 34.0 Å². The zero-order valence-corrected chi connectivity index (χ0v) is 72.2. The third-order valence-electron chi connectivity index (χ3n) is 15.0. The molecular formula is C82H128N18O5S3. The Bertz CT molecular complexity index is 3730. The molecule has 594 valence electrons. The summed E-state index contributed by atoms with van der Waals surface area (Å²) in [5.41, 5.74) is 3.51. The van der Waals surface area contributed by atoms with Crippen molar-refractivity contribution in [1.82, 2.24) is 83.5 Å². The monoisotopic (exact) mass is 1540 g/mol. The van der Waals surface area contributed by atoms with Crippen molar-refractivity contribution in [1.29, 1.82) is 0 Å². The Morgan fingerprint density at radius 1 is 0.435 bits per heavy atom. The molecule has 0 saturated carbocycles. The van der Waals surface area contributed by atoms with Crippen LogP contribution in [0.25, 0.3) is 0 Å². The lowest BCUT2D eigenvalue weighted by Gasteiger charge is -2.19. The molecule has 0 aromatic carbocycles. The van der Waals surface area contributed by atoms with E-state index in [4.69, 9.17) is 4.42 Å². The van der Waals surface area contributed by atoms with Gasteiger partial charge in [0.25, 0.3) is 0 Å². The number of nitrogens with zero attached hydrogens (tertiary/aromatic N) is 18. The second-order valence-electron chi connectivity index (χ2n) is 29.0. The Labute approximate surface area is 658 Å². The van der Waals surface area contributed by atoms with Crippen LogP contribution in [0.3, 0.4) is 0 Å². The fourth-order valence-electron chi connectivity index (χ4n) is 8.93. The number of carbonyl (C=O) groups is 4. The smallest absolute Gasteiger partial charge is 0.231 e. The van der Waals surface area contributed by atoms with Gasteiger partial charge in [-0.2, -0.15) is 5.10 Å². The summed E-state index contributed by atoms with van der Waals surface area (Å²) in [5.74, 6) is 8.31. The number of anilines is 1. The van der Waals surface area contributed by atoms with Crippen LogP contribution in [0.1, 0.15) is 207 Å². The van der Waals surface area contributed by atoms with E-state index in [9.17, 15) is 19.2 Å². The summed E-state index contributed by atoms with van der Waals surface area (Å²) >= 11 is 4.77. The Balaban J connectivity index is 0.000000603. The topological polar surface area (TPSA) is 251 Å². The van der Waals surface area contributed by atoms with E-state index < -0.39 is 0 Å². The van der Waals surface area contributed by atoms with E-state index in [1.54, 1.807) is 117 Å². The van der Waals surface area contributed by atoms with Gasteiger partial charge in [-0.15, -0.1) is 34.0 Å². The molecule has 4 amide bonds. The average molecular weight is 1540 g/mol. The number of imidazole rings is 2. The third-order valence-corrected chi connectivity index (χ3v) is 17.7. The van der Waals surface area contributed by atoms with Crippen molar-refractivity contribution in [3.05, 3.63) is 202 Å². The molecule has 0 aliphatic carbocycles. The molecule has 0 bridgehead atoms. The lowest BCUT2D eigenvalue weighted by molar-refractivity contribution is -0.134. The lowest BCUT2D eigenvalue weighted by Crippen LogP contribution is -2.30. The highest BCUT2D eigenvalue weighted by Crippen LogP contribution is 2.19. The highest BCUT2D eigenvalue weighted by atomic mass is 32.1. The number of aromatic nitrogens is 14. The second-order valence-corrected chi connectivity index (χ2v) is 31.7. The molecule has 0 unspecified atom stereocenters. The maximum absolute atomic E-state index is 11.6. The van der Waals surface area contributed by atoms with Crippen molar-refractivity contribution in [3.63, 3.8) is 0 Å². The average Bonchev–Trinajstić information content (AvgIpc) is 1.71. The maximum Gasteiger partial charge on any atom is 0.231 e.